The number of hydrogen-bond acceptors (Lipinski definition) is 4. The van der Waals surface area contributed by atoms with E-state index in [1.165, 1.54) is 7.11 Å². The summed E-state index contributed by atoms with van der Waals surface area (Å²) in [5.41, 5.74) is 5.44. The van der Waals surface area contributed by atoms with Crippen LogP contribution in [0.3, 0.4) is 0 Å². The second-order valence-electron chi connectivity index (χ2n) is 3.75. The van der Waals surface area contributed by atoms with E-state index in [2.05, 4.69) is 0 Å². The fourth-order valence-corrected chi connectivity index (χ4v) is 1.54. The minimum atomic E-state index is -0.260. The highest BCUT2D eigenvalue weighted by molar-refractivity contribution is 7.80. The molecule has 0 aliphatic carbocycles. The number of hydrogen-bond donors (Lipinski definition) is 1. The molecule has 4 nitrogen and oxygen atoms in total. The quantitative estimate of drug-likeness (QED) is 0.545. The second kappa shape index (κ2) is 6.74. The van der Waals surface area contributed by atoms with Crippen molar-refractivity contribution in [3.63, 3.8) is 0 Å². The molecule has 0 aromatic rings. The van der Waals surface area contributed by atoms with Gasteiger partial charge < -0.3 is 10.5 Å². The predicted molar refractivity (Wildman–Crippen MR) is 64.7 cm³/mol. The van der Waals surface area contributed by atoms with E-state index in [4.69, 9.17) is 22.7 Å². The van der Waals surface area contributed by atoms with Gasteiger partial charge in [-0.2, -0.15) is 0 Å². The Morgan fingerprint density at radius 2 is 2.00 bits per heavy atom. The van der Waals surface area contributed by atoms with Gasteiger partial charge in [-0.05, 0) is 20.8 Å². The van der Waals surface area contributed by atoms with Crippen LogP contribution in [0.5, 0.6) is 0 Å². The zero-order valence-corrected chi connectivity index (χ0v) is 10.6. The lowest BCUT2D eigenvalue weighted by Crippen LogP contribution is -2.45. The monoisotopic (exact) mass is 232 g/mol. The zero-order valence-electron chi connectivity index (χ0n) is 9.82. The van der Waals surface area contributed by atoms with E-state index >= 15 is 0 Å². The van der Waals surface area contributed by atoms with Gasteiger partial charge in [-0.25, -0.2) is 0 Å². The molecule has 0 rings (SSSR count). The summed E-state index contributed by atoms with van der Waals surface area (Å²) in [4.78, 5) is 13.9. The van der Waals surface area contributed by atoms with Gasteiger partial charge in [0.2, 0.25) is 0 Å². The van der Waals surface area contributed by atoms with Gasteiger partial charge in [0.25, 0.3) is 0 Å². The van der Waals surface area contributed by atoms with E-state index in [9.17, 15) is 4.79 Å². The lowest BCUT2D eigenvalue weighted by Gasteiger charge is -2.30. The predicted octanol–water partition coefficient (Wildman–Crippen LogP) is 0.934. The first-order valence-electron chi connectivity index (χ1n) is 5.02. The number of carbonyl (C=O) groups is 1. The van der Waals surface area contributed by atoms with Crippen LogP contribution in [0.15, 0.2) is 0 Å². The van der Waals surface area contributed by atoms with Crippen molar-refractivity contribution in [2.45, 2.75) is 39.3 Å². The molecule has 15 heavy (non-hydrogen) atoms. The van der Waals surface area contributed by atoms with Gasteiger partial charge in [0.1, 0.15) is 6.04 Å². The Morgan fingerprint density at radius 3 is 2.33 bits per heavy atom. The first-order chi connectivity index (χ1) is 6.90. The van der Waals surface area contributed by atoms with Gasteiger partial charge in [0, 0.05) is 19.0 Å². The average Bonchev–Trinajstić information content (AvgIpc) is 2.15. The molecule has 0 radical (unpaired) electrons. The third-order valence-electron chi connectivity index (χ3n) is 2.32. The fourth-order valence-electron chi connectivity index (χ4n) is 1.44. The third kappa shape index (κ3) is 5.09. The number of nitrogens with zero attached hydrogens (tertiary/aromatic N) is 1. The molecule has 88 valence electrons. The molecule has 1 atom stereocenters. The van der Waals surface area contributed by atoms with Crippen molar-refractivity contribution in [2.24, 2.45) is 5.73 Å². The maximum absolute atomic E-state index is 11.4. The maximum atomic E-state index is 11.4. The maximum Gasteiger partial charge on any atom is 0.322 e. The molecule has 2 N–H and O–H groups in total. The van der Waals surface area contributed by atoms with Gasteiger partial charge in [0.05, 0.1) is 12.1 Å². The molecule has 0 aromatic heterocycles. The molecule has 0 aliphatic heterocycles. The normalized spacial score (nSPS) is 12.9. The minimum Gasteiger partial charge on any atom is -0.468 e. The molecule has 5 heteroatoms. The molecule has 0 amide bonds. The molecule has 1 unspecified atom stereocenters. The Morgan fingerprint density at radius 1 is 1.47 bits per heavy atom. The van der Waals surface area contributed by atoms with Gasteiger partial charge in [-0.3, -0.25) is 9.69 Å². The van der Waals surface area contributed by atoms with Crippen LogP contribution in [-0.2, 0) is 9.53 Å². The Hall–Kier alpha value is -0.680. The number of rotatable bonds is 6. The van der Waals surface area contributed by atoms with Crippen molar-refractivity contribution >= 4 is 23.2 Å². The largest absolute Gasteiger partial charge is 0.468 e. The Bertz CT molecular complexity index is 231. The zero-order chi connectivity index (χ0) is 12.0. The molecular weight excluding hydrogens is 212 g/mol. The van der Waals surface area contributed by atoms with Crippen LogP contribution >= 0.6 is 12.2 Å². The van der Waals surface area contributed by atoms with Crippen LogP contribution in [0.1, 0.15) is 27.2 Å². The van der Waals surface area contributed by atoms with E-state index in [1.807, 2.05) is 25.7 Å². The number of esters is 1. The highest BCUT2D eigenvalue weighted by Crippen LogP contribution is 2.07. The van der Waals surface area contributed by atoms with Crippen LogP contribution in [0, 0.1) is 0 Å². The minimum absolute atomic E-state index is 0.230. The number of nitrogens with two attached hydrogens (primary N) is 1. The Kier molecular flexibility index (Phi) is 6.43. The lowest BCUT2D eigenvalue weighted by atomic mass is 10.2. The number of carbonyl (C=O) groups excluding carboxylic acids is 1. The molecule has 0 spiro atoms. The summed E-state index contributed by atoms with van der Waals surface area (Å²) in [6.07, 6.45) is 0.620. The molecular formula is C10H20N2O2S. The lowest BCUT2D eigenvalue weighted by molar-refractivity contribution is -0.147. The average molecular weight is 232 g/mol. The van der Waals surface area contributed by atoms with Crippen molar-refractivity contribution < 1.29 is 9.53 Å². The third-order valence-corrected chi connectivity index (χ3v) is 2.52. The molecule has 0 bridgehead atoms. The number of ether oxygens (including phenoxy) is 1. The topological polar surface area (TPSA) is 55.6 Å². The molecule has 0 saturated heterocycles. The van der Waals surface area contributed by atoms with Gasteiger partial charge in [-0.15, -0.1) is 0 Å². The summed E-state index contributed by atoms with van der Waals surface area (Å²) in [5.74, 6) is -0.230. The van der Waals surface area contributed by atoms with Crippen molar-refractivity contribution in [2.75, 3.05) is 13.7 Å². The molecule has 0 heterocycles. The number of thiocarbonyl (C=S) groups is 1. The smallest absolute Gasteiger partial charge is 0.322 e. The molecule has 0 saturated carbocycles. The van der Waals surface area contributed by atoms with Crippen LogP contribution in [-0.4, -0.2) is 41.6 Å². The first-order valence-corrected chi connectivity index (χ1v) is 5.42. The molecule has 0 aliphatic rings. The highest BCUT2D eigenvalue weighted by Gasteiger charge is 2.23. The van der Waals surface area contributed by atoms with E-state index in [1.54, 1.807) is 0 Å². The summed E-state index contributed by atoms with van der Waals surface area (Å²) in [5, 5.41) is 0. The summed E-state index contributed by atoms with van der Waals surface area (Å²) >= 11 is 4.82. The summed E-state index contributed by atoms with van der Waals surface area (Å²) in [7, 11) is 1.39. The van der Waals surface area contributed by atoms with Crippen LogP contribution < -0.4 is 5.73 Å². The molecule has 0 fully saturated rings. The van der Waals surface area contributed by atoms with Crippen LogP contribution in [0.4, 0.5) is 0 Å². The van der Waals surface area contributed by atoms with E-state index in [-0.39, 0.29) is 18.1 Å². The van der Waals surface area contributed by atoms with Crippen molar-refractivity contribution in [3.8, 4) is 0 Å². The fraction of sp³-hybridized carbons (Fsp3) is 0.800. The molecule has 0 aromatic carbocycles. The van der Waals surface area contributed by atoms with Crippen molar-refractivity contribution in [1.82, 2.24) is 4.90 Å². The number of methoxy groups -OCH3 is 1. The highest BCUT2D eigenvalue weighted by atomic mass is 32.1. The van der Waals surface area contributed by atoms with Crippen molar-refractivity contribution in [3.05, 3.63) is 0 Å². The SMILES string of the molecule is COC(=O)C(C)N(CCC(N)=S)C(C)C. The van der Waals surface area contributed by atoms with Crippen LogP contribution in [0.25, 0.3) is 0 Å². The summed E-state index contributed by atoms with van der Waals surface area (Å²) in [6.45, 7) is 6.56. The van der Waals surface area contributed by atoms with Crippen LogP contribution in [0.2, 0.25) is 0 Å². The van der Waals surface area contributed by atoms with Crippen molar-refractivity contribution in [1.29, 1.82) is 0 Å². The standard InChI is InChI=1S/C10H20N2O2S/c1-7(2)12(6-5-9(11)15)8(3)10(13)14-4/h7-8H,5-6H2,1-4H3,(H2,11,15). The second-order valence-corrected chi connectivity index (χ2v) is 4.27. The Balaban J connectivity index is 4.38. The summed E-state index contributed by atoms with van der Waals surface area (Å²) in [6, 6.07) is -0.00204. The Labute approximate surface area is 96.8 Å². The first kappa shape index (κ1) is 14.3. The van der Waals surface area contributed by atoms with E-state index in [0.29, 0.717) is 18.0 Å². The van der Waals surface area contributed by atoms with E-state index in [0.717, 1.165) is 0 Å². The summed E-state index contributed by atoms with van der Waals surface area (Å²) < 4.78 is 4.71. The van der Waals surface area contributed by atoms with Gasteiger partial charge in [0.15, 0.2) is 0 Å². The van der Waals surface area contributed by atoms with Gasteiger partial charge >= 0.3 is 5.97 Å². The van der Waals surface area contributed by atoms with Gasteiger partial charge in [-0.1, -0.05) is 12.2 Å². The van der Waals surface area contributed by atoms with E-state index < -0.39 is 0 Å².